The molecule has 1 saturated heterocycles. The molecule has 1 aliphatic rings. The molecule has 1 aliphatic heterocycles. The number of nitrogens with one attached hydrogen (secondary N) is 1. The summed E-state index contributed by atoms with van der Waals surface area (Å²) < 4.78 is 37.8. The van der Waals surface area contributed by atoms with Crippen molar-refractivity contribution in [1.29, 1.82) is 0 Å². The Morgan fingerprint density at radius 1 is 1.07 bits per heavy atom. The lowest BCUT2D eigenvalue weighted by atomic mass is 10.2. The summed E-state index contributed by atoms with van der Waals surface area (Å²) in [6, 6.07) is 12.2. The minimum Gasteiger partial charge on any atom is -0.493 e. The number of nitrogens with zero attached hydrogens (tertiary/aromatic N) is 2. The van der Waals surface area contributed by atoms with E-state index in [0.717, 1.165) is 24.8 Å². The van der Waals surface area contributed by atoms with Crippen molar-refractivity contribution in [3.63, 3.8) is 0 Å². The number of piperidine rings is 1. The highest BCUT2D eigenvalue weighted by Gasteiger charge is 2.25. The summed E-state index contributed by atoms with van der Waals surface area (Å²) in [5, 5.41) is 3.00. The van der Waals surface area contributed by atoms with E-state index in [1.165, 1.54) is 0 Å². The molecular weight excluding hydrogens is 404 g/mol. The van der Waals surface area contributed by atoms with E-state index in [-0.39, 0.29) is 12.5 Å². The third kappa shape index (κ3) is 5.22. The van der Waals surface area contributed by atoms with E-state index in [4.69, 9.17) is 15.2 Å². The zero-order valence-electron chi connectivity index (χ0n) is 17.3. The van der Waals surface area contributed by atoms with Crippen molar-refractivity contribution in [3.05, 3.63) is 48.0 Å². The van der Waals surface area contributed by atoms with Gasteiger partial charge >= 0.3 is 0 Å². The monoisotopic (exact) mass is 432 g/mol. The van der Waals surface area contributed by atoms with Gasteiger partial charge in [0.25, 0.3) is 0 Å². The number of guanidine groups is 1. The Labute approximate surface area is 177 Å². The molecule has 0 saturated carbocycles. The second kappa shape index (κ2) is 9.82. The standard InChI is InChI=1S/C21H28N4O4S/c1-28-19-10-9-17(14-20(19)29-2)24-21(22)23-15-16-7-6-8-18(13-16)30(26,27)25-11-4-3-5-12-25/h6-10,13-14H,3-5,11-12,15H2,1-2H3,(H3,22,23,24). The maximum Gasteiger partial charge on any atom is 0.243 e. The maximum atomic E-state index is 12.9. The molecule has 3 rings (SSSR count). The van der Waals surface area contributed by atoms with Gasteiger partial charge in [-0.1, -0.05) is 18.6 Å². The van der Waals surface area contributed by atoms with Gasteiger partial charge in [-0.15, -0.1) is 0 Å². The third-order valence-corrected chi connectivity index (χ3v) is 6.83. The van der Waals surface area contributed by atoms with Gasteiger partial charge < -0.3 is 20.5 Å². The highest BCUT2D eigenvalue weighted by Crippen LogP contribution is 2.29. The molecule has 8 nitrogen and oxygen atoms in total. The van der Waals surface area contributed by atoms with Crippen LogP contribution in [0.2, 0.25) is 0 Å². The van der Waals surface area contributed by atoms with Gasteiger partial charge in [0.15, 0.2) is 17.5 Å². The topological polar surface area (TPSA) is 106 Å². The van der Waals surface area contributed by atoms with Gasteiger partial charge in [-0.3, -0.25) is 0 Å². The van der Waals surface area contributed by atoms with Gasteiger partial charge in [-0.05, 0) is 42.7 Å². The normalized spacial score (nSPS) is 15.6. The Kier molecular flexibility index (Phi) is 7.17. The molecule has 30 heavy (non-hydrogen) atoms. The van der Waals surface area contributed by atoms with E-state index >= 15 is 0 Å². The van der Waals surface area contributed by atoms with Crippen molar-refractivity contribution < 1.29 is 17.9 Å². The van der Waals surface area contributed by atoms with Crippen molar-refractivity contribution >= 4 is 21.7 Å². The second-order valence-corrected chi connectivity index (χ2v) is 8.95. The Hall–Kier alpha value is -2.78. The van der Waals surface area contributed by atoms with Gasteiger partial charge in [0.05, 0.1) is 25.7 Å². The van der Waals surface area contributed by atoms with E-state index in [1.54, 1.807) is 54.9 Å². The molecule has 9 heteroatoms. The summed E-state index contributed by atoms with van der Waals surface area (Å²) in [5.41, 5.74) is 7.47. The van der Waals surface area contributed by atoms with Gasteiger partial charge in [-0.25, -0.2) is 13.4 Å². The van der Waals surface area contributed by atoms with Crippen LogP contribution in [0.15, 0.2) is 52.4 Å². The first-order valence-electron chi connectivity index (χ1n) is 9.82. The number of anilines is 1. The smallest absolute Gasteiger partial charge is 0.243 e. The van der Waals surface area contributed by atoms with Crippen LogP contribution in [-0.4, -0.2) is 46.0 Å². The lowest BCUT2D eigenvalue weighted by Gasteiger charge is -2.26. The molecule has 0 aromatic heterocycles. The molecule has 0 unspecified atom stereocenters. The number of rotatable bonds is 7. The lowest BCUT2D eigenvalue weighted by molar-refractivity contribution is 0.346. The highest BCUT2D eigenvalue weighted by atomic mass is 32.2. The van der Waals surface area contributed by atoms with Crippen LogP contribution in [0, 0.1) is 0 Å². The first kappa shape index (κ1) is 21.9. The predicted molar refractivity (Wildman–Crippen MR) is 118 cm³/mol. The summed E-state index contributed by atoms with van der Waals surface area (Å²) >= 11 is 0. The Balaban J connectivity index is 1.69. The van der Waals surface area contributed by atoms with Crippen molar-refractivity contribution in [2.24, 2.45) is 10.7 Å². The summed E-state index contributed by atoms with van der Waals surface area (Å²) in [6.07, 6.45) is 2.89. The van der Waals surface area contributed by atoms with Crippen molar-refractivity contribution in [2.75, 3.05) is 32.6 Å². The average molecular weight is 433 g/mol. The van der Waals surface area contributed by atoms with Crippen LogP contribution in [-0.2, 0) is 16.6 Å². The number of hydrogen-bond acceptors (Lipinski definition) is 5. The molecule has 0 atom stereocenters. The molecule has 162 valence electrons. The van der Waals surface area contributed by atoms with Crippen LogP contribution in [0.5, 0.6) is 11.5 Å². The van der Waals surface area contributed by atoms with Crippen LogP contribution >= 0.6 is 0 Å². The number of nitrogens with two attached hydrogens (primary N) is 1. The van der Waals surface area contributed by atoms with Crippen molar-refractivity contribution in [1.82, 2.24) is 4.31 Å². The molecule has 3 N–H and O–H groups in total. The molecule has 2 aromatic rings. The van der Waals surface area contributed by atoms with E-state index in [9.17, 15) is 8.42 Å². The van der Waals surface area contributed by atoms with E-state index < -0.39 is 10.0 Å². The summed E-state index contributed by atoms with van der Waals surface area (Å²) in [7, 11) is -0.344. The minimum absolute atomic E-state index is 0.214. The fourth-order valence-electron chi connectivity index (χ4n) is 3.34. The fourth-order valence-corrected chi connectivity index (χ4v) is 4.92. The number of hydrogen-bond donors (Lipinski definition) is 2. The van der Waals surface area contributed by atoms with Crippen molar-refractivity contribution in [3.8, 4) is 11.5 Å². The zero-order chi connectivity index (χ0) is 21.6. The van der Waals surface area contributed by atoms with Gasteiger partial charge in [0.2, 0.25) is 10.0 Å². The zero-order valence-corrected chi connectivity index (χ0v) is 18.1. The first-order valence-corrected chi connectivity index (χ1v) is 11.3. The average Bonchev–Trinajstić information content (AvgIpc) is 2.78. The van der Waals surface area contributed by atoms with E-state index in [2.05, 4.69) is 10.3 Å². The van der Waals surface area contributed by atoms with Crippen LogP contribution in [0.4, 0.5) is 5.69 Å². The number of ether oxygens (including phenoxy) is 2. The van der Waals surface area contributed by atoms with E-state index in [1.807, 2.05) is 6.07 Å². The minimum atomic E-state index is -3.47. The highest BCUT2D eigenvalue weighted by molar-refractivity contribution is 7.89. The number of sulfonamides is 1. The summed E-state index contributed by atoms with van der Waals surface area (Å²) in [5.74, 6) is 1.41. The molecule has 0 aliphatic carbocycles. The molecule has 0 radical (unpaired) electrons. The SMILES string of the molecule is COc1ccc(NC(N)=NCc2cccc(S(=O)(=O)N3CCCCC3)c2)cc1OC. The summed E-state index contributed by atoms with van der Waals surface area (Å²) in [6.45, 7) is 1.41. The summed E-state index contributed by atoms with van der Waals surface area (Å²) in [4.78, 5) is 4.62. The predicted octanol–water partition coefficient (Wildman–Crippen LogP) is 2.81. The maximum absolute atomic E-state index is 12.9. The molecule has 1 fully saturated rings. The van der Waals surface area contributed by atoms with Crippen molar-refractivity contribution in [2.45, 2.75) is 30.7 Å². The Morgan fingerprint density at radius 2 is 1.80 bits per heavy atom. The Morgan fingerprint density at radius 3 is 2.50 bits per heavy atom. The Bertz CT molecular complexity index is 1000. The van der Waals surface area contributed by atoms with Crippen LogP contribution in [0.25, 0.3) is 0 Å². The second-order valence-electron chi connectivity index (χ2n) is 7.01. The molecule has 1 heterocycles. The quantitative estimate of drug-likeness (QED) is 0.515. The van der Waals surface area contributed by atoms with Gasteiger partial charge in [0, 0.05) is 24.8 Å². The van der Waals surface area contributed by atoms with Gasteiger partial charge in [0.1, 0.15) is 0 Å². The molecular formula is C21H28N4O4S. The molecule has 0 spiro atoms. The molecule has 0 amide bonds. The number of aliphatic imine (C=N–C) groups is 1. The number of methoxy groups -OCH3 is 2. The van der Waals surface area contributed by atoms with Crippen LogP contribution in [0.1, 0.15) is 24.8 Å². The largest absolute Gasteiger partial charge is 0.493 e. The molecule has 0 bridgehead atoms. The third-order valence-electron chi connectivity index (χ3n) is 4.94. The van der Waals surface area contributed by atoms with E-state index in [0.29, 0.717) is 35.2 Å². The molecule has 2 aromatic carbocycles. The first-order chi connectivity index (χ1) is 14.4. The lowest BCUT2D eigenvalue weighted by Crippen LogP contribution is -2.35. The van der Waals surface area contributed by atoms with Gasteiger partial charge in [-0.2, -0.15) is 4.31 Å². The fraction of sp³-hybridized carbons (Fsp3) is 0.381. The van der Waals surface area contributed by atoms with Crippen LogP contribution in [0.3, 0.4) is 0 Å². The van der Waals surface area contributed by atoms with Crippen LogP contribution < -0.4 is 20.5 Å². The number of benzene rings is 2.